The molecule has 8 heteroatoms. The molecule has 0 spiro atoms. The average Bonchev–Trinajstić information content (AvgIpc) is 2.42. The zero-order valence-corrected chi connectivity index (χ0v) is 11.0. The van der Waals surface area contributed by atoms with Crippen LogP contribution in [-0.2, 0) is 0 Å². The van der Waals surface area contributed by atoms with Crippen molar-refractivity contribution in [1.82, 2.24) is 0 Å². The van der Waals surface area contributed by atoms with Crippen molar-refractivity contribution in [3.05, 3.63) is 68.7 Å². The minimum absolute atomic E-state index is 0.167. The Kier molecular flexibility index (Phi) is 4.13. The van der Waals surface area contributed by atoms with E-state index < -0.39 is 33.7 Å². The molecule has 2 rings (SSSR count). The summed E-state index contributed by atoms with van der Waals surface area (Å²) in [6, 6.07) is 5.86. The van der Waals surface area contributed by atoms with Gasteiger partial charge in [-0.3, -0.25) is 14.9 Å². The molecule has 0 aliphatic rings. The lowest BCUT2D eigenvalue weighted by Crippen LogP contribution is -2.15. The lowest BCUT2D eigenvalue weighted by Gasteiger charge is -2.07. The topological polar surface area (TPSA) is 72.2 Å². The van der Waals surface area contributed by atoms with Gasteiger partial charge in [0.25, 0.3) is 11.6 Å². The van der Waals surface area contributed by atoms with E-state index in [1.807, 2.05) is 0 Å². The number of benzene rings is 2. The molecule has 2 aromatic rings. The summed E-state index contributed by atoms with van der Waals surface area (Å²) in [5, 5.41) is 13.1. The molecule has 0 atom stereocenters. The Morgan fingerprint density at radius 1 is 1.19 bits per heavy atom. The van der Waals surface area contributed by atoms with E-state index >= 15 is 0 Å². The summed E-state index contributed by atoms with van der Waals surface area (Å²) in [5.74, 6) is -2.61. The maximum Gasteiger partial charge on any atom is 0.282 e. The molecule has 0 aliphatic heterocycles. The van der Waals surface area contributed by atoms with Crippen LogP contribution in [0.15, 0.2) is 36.4 Å². The fourth-order valence-electron chi connectivity index (χ4n) is 1.63. The summed E-state index contributed by atoms with van der Waals surface area (Å²) in [4.78, 5) is 22.0. The summed E-state index contributed by atoms with van der Waals surface area (Å²) in [5.41, 5.74) is -1.36. The van der Waals surface area contributed by atoms with Crippen molar-refractivity contribution in [3.8, 4) is 0 Å². The molecule has 1 N–H and O–H groups in total. The second kappa shape index (κ2) is 5.84. The van der Waals surface area contributed by atoms with Crippen LogP contribution in [0.2, 0.25) is 5.02 Å². The molecule has 5 nitrogen and oxygen atoms in total. The number of nitro benzene ring substituents is 1. The SMILES string of the molecule is O=C(Nc1cc(Cl)ccc1F)c1cc(F)ccc1[N+](=O)[O-]. The van der Waals surface area contributed by atoms with E-state index in [0.717, 1.165) is 24.3 Å². The molecule has 0 heterocycles. The van der Waals surface area contributed by atoms with Crippen molar-refractivity contribution >= 4 is 28.9 Å². The van der Waals surface area contributed by atoms with E-state index in [9.17, 15) is 23.7 Å². The van der Waals surface area contributed by atoms with Crippen LogP contribution in [0.25, 0.3) is 0 Å². The number of nitrogens with zero attached hydrogens (tertiary/aromatic N) is 1. The molecule has 0 saturated carbocycles. The third-order valence-electron chi connectivity index (χ3n) is 2.58. The standard InChI is InChI=1S/C13H7ClF2N2O3/c14-7-1-3-10(16)11(5-7)17-13(19)9-6-8(15)2-4-12(9)18(20)21/h1-6H,(H,17,19). The van der Waals surface area contributed by atoms with Gasteiger partial charge in [-0.15, -0.1) is 0 Å². The summed E-state index contributed by atoms with van der Waals surface area (Å²) in [6.45, 7) is 0. The molecule has 1 amide bonds. The number of nitro groups is 1. The quantitative estimate of drug-likeness (QED) is 0.692. The van der Waals surface area contributed by atoms with Crippen molar-refractivity contribution in [3.63, 3.8) is 0 Å². The largest absolute Gasteiger partial charge is 0.319 e. The van der Waals surface area contributed by atoms with Crippen LogP contribution in [0.4, 0.5) is 20.2 Å². The molecular formula is C13H7ClF2N2O3. The third-order valence-corrected chi connectivity index (χ3v) is 2.81. The van der Waals surface area contributed by atoms with Gasteiger partial charge in [0, 0.05) is 11.1 Å². The van der Waals surface area contributed by atoms with E-state index in [-0.39, 0.29) is 10.7 Å². The lowest BCUT2D eigenvalue weighted by atomic mass is 10.1. The van der Waals surface area contributed by atoms with Gasteiger partial charge in [-0.25, -0.2) is 8.78 Å². The third kappa shape index (κ3) is 3.32. The van der Waals surface area contributed by atoms with Gasteiger partial charge in [0.15, 0.2) is 0 Å². The second-order valence-corrected chi connectivity index (χ2v) is 4.43. The number of carbonyl (C=O) groups excluding carboxylic acids is 1. The van der Waals surface area contributed by atoms with E-state index in [0.29, 0.717) is 6.07 Å². The van der Waals surface area contributed by atoms with E-state index in [4.69, 9.17) is 11.6 Å². The summed E-state index contributed by atoms with van der Waals surface area (Å²) >= 11 is 5.67. The van der Waals surface area contributed by atoms with Gasteiger partial charge < -0.3 is 5.32 Å². The monoisotopic (exact) mass is 312 g/mol. The van der Waals surface area contributed by atoms with Crippen LogP contribution in [-0.4, -0.2) is 10.8 Å². The highest BCUT2D eigenvalue weighted by Crippen LogP contribution is 2.23. The van der Waals surface area contributed by atoms with E-state index in [2.05, 4.69) is 5.32 Å². The minimum Gasteiger partial charge on any atom is -0.319 e. The van der Waals surface area contributed by atoms with Gasteiger partial charge in [0.2, 0.25) is 0 Å². The Morgan fingerprint density at radius 2 is 1.90 bits per heavy atom. The zero-order valence-electron chi connectivity index (χ0n) is 10.3. The average molecular weight is 313 g/mol. The number of hydrogen-bond acceptors (Lipinski definition) is 3. The first kappa shape index (κ1) is 14.9. The van der Waals surface area contributed by atoms with Crippen molar-refractivity contribution in [1.29, 1.82) is 0 Å². The summed E-state index contributed by atoms with van der Waals surface area (Å²) in [7, 11) is 0. The van der Waals surface area contributed by atoms with Crippen LogP contribution in [0, 0.1) is 21.7 Å². The fraction of sp³-hybridized carbons (Fsp3) is 0. The van der Waals surface area contributed by atoms with Crippen molar-refractivity contribution in [2.75, 3.05) is 5.32 Å². The predicted molar refractivity (Wildman–Crippen MR) is 72.4 cm³/mol. The maximum absolute atomic E-state index is 13.5. The number of anilines is 1. The van der Waals surface area contributed by atoms with Gasteiger partial charge in [0.05, 0.1) is 10.6 Å². The molecule has 0 saturated heterocycles. The first-order valence-electron chi connectivity index (χ1n) is 5.59. The van der Waals surface area contributed by atoms with Crippen LogP contribution >= 0.6 is 11.6 Å². The number of rotatable bonds is 3. The normalized spacial score (nSPS) is 10.2. The van der Waals surface area contributed by atoms with Crippen molar-refractivity contribution < 1.29 is 18.5 Å². The minimum atomic E-state index is -1.01. The first-order chi connectivity index (χ1) is 9.88. The molecule has 21 heavy (non-hydrogen) atoms. The van der Waals surface area contributed by atoms with E-state index in [1.54, 1.807) is 0 Å². The molecule has 0 fully saturated rings. The molecule has 0 aromatic heterocycles. The zero-order chi connectivity index (χ0) is 15.6. The number of hydrogen-bond donors (Lipinski definition) is 1. The maximum atomic E-state index is 13.5. The number of halogens is 3. The summed E-state index contributed by atoms with van der Waals surface area (Å²) < 4.78 is 26.7. The number of nitrogens with one attached hydrogen (secondary N) is 1. The molecule has 0 unspecified atom stereocenters. The van der Waals surface area contributed by atoms with Gasteiger partial charge in [-0.05, 0) is 30.3 Å². The Morgan fingerprint density at radius 3 is 2.57 bits per heavy atom. The molecule has 0 aliphatic carbocycles. The van der Waals surface area contributed by atoms with Gasteiger partial charge in [-0.1, -0.05) is 11.6 Å². The Hall–Kier alpha value is -2.54. The number of carbonyl (C=O) groups is 1. The second-order valence-electron chi connectivity index (χ2n) is 4.00. The fourth-order valence-corrected chi connectivity index (χ4v) is 1.80. The van der Waals surface area contributed by atoms with Crippen molar-refractivity contribution in [2.45, 2.75) is 0 Å². The molecule has 108 valence electrons. The molecule has 0 radical (unpaired) electrons. The highest BCUT2D eigenvalue weighted by molar-refractivity contribution is 6.31. The van der Waals surface area contributed by atoms with Crippen LogP contribution in [0.5, 0.6) is 0 Å². The molecule has 2 aromatic carbocycles. The van der Waals surface area contributed by atoms with Gasteiger partial charge in [0.1, 0.15) is 17.2 Å². The highest BCUT2D eigenvalue weighted by atomic mass is 35.5. The summed E-state index contributed by atoms with van der Waals surface area (Å²) in [6.07, 6.45) is 0. The van der Waals surface area contributed by atoms with Crippen molar-refractivity contribution in [2.24, 2.45) is 0 Å². The van der Waals surface area contributed by atoms with E-state index in [1.165, 1.54) is 6.07 Å². The Balaban J connectivity index is 2.39. The van der Waals surface area contributed by atoms with Gasteiger partial charge >= 0.3 is 0 Å². The first-order valence-corrected chi connectivity index (χ1v) is 5.96. The Labute approximate surface area is 122 Å². The van der Waals surface area contributed by atoms with Crippen LogP contribution < -0.4 is 5.32 Å². The Bertz CT molecular complexity index is 737. The smallest absolute Gasteiger partial charge is 0.282 e. The van der Waals surface area contributed by atoms with Crippen LogP contribution in [0.3, 0.4) is 0 Å². The highest BCUT2D eigenvalue weighted by Gasteiger charge is 2.21. The van der Waals surface area contributed by atoms with Gasteiger partial charge in [-0.2, -0.15) is 0 Å². The number of amides is 1. The lowest BCUT2D eigenvalue weighted by molar-refractivity contribution is -0.385. The molecule has 0 bridgehead atoms. The predicted octanol–water partition coefficient (Wildman–Crippen LogP) is 3.78. The molecular weight excluding hydrogens is 306 g/mol. The van der Waals surface area contributed by atoms with Crippen LogP contribution in [0.1, 0.15) is 10.4 Å².